The fourth-order valence-electron chi connectivity index (χ4n) is 2.44. The lowest BCUT2D eigenvalue weighted by molar-refractivity contribution is -0.123. The van der Waals surface area contributed by atoms with E-state index in [1.54, 1.807) is 30.3 Å². The molecule has 2 aromatic rings. The lowest BCUT2D eigenvalue weighted by Crippen LogP contribution is -2.27. The van der Waals surface area contributed by atoms with Gasteiger partial charge in [-0.2, -0.15) is 0 Å². The Bertz CT molecular complexity index is 982. The number of carbonyl (C=O) groups is 3. The summed E-state index contributed by atoms with van der Waals surface area (Å²) >= 11 is 7.25. The first-order valence-electron chi connectivity index (χ1n) is 7.52. The average Bonchev–Trinajstić information content (AvgIpc) is 2.87. The van der Waals surface area contributed by atoms with Gasteiger partial charge < -0.3 is 10.2 Å². The number of rotatable bonds is 4. The summed E-state index contributed by atoms with van der Waals surface area (Å²) in [6, 6.07) is 9.37. The predicted molar refractivity (Wildman–Crippen MR) is 108 cm³/mol. The lowest BCUT2D eigenvalue weighted by atomic mass is 10.1. The van der Waals surface area contributed by atoms with Crippen LogP contribution in [-0.4, -0.2) is 32.2 Å². The van der Waals surface area contributed by atoms with Crippen LogP contribution in [0.3, 0.4) is 0 Å². The Labute approximate surface area is 175 Å². The molecule has 0 unspecified atom stereocenters. The van der Waals surface area contributed by atoms with Crippen LogP contribution < -0.4 is 0 Å². The molecule has 1 fully saturated rings. The topological polar surface area (TPSA) is 94.9 Å². The molecule has 9 heteroatoms. The summed E-state index contributed by atoms with van der Waals surface area (Å²) in [5.74, 6) is -1.49. The minimum atomic E-state index is -1.07. The minimum absolute atomic E-state index is 0.00784. The third-order valence-electron chi connectivity index (χ3n) is 3.73. The van der Waals surface area contributed by atoms with E-state index in [0.29, 0.717) is 20.1 Å². The molecule has 138 valence electrons. The molecule has 3 rings (SSSR count). The van der Waals surface area contributed by atoms with Gasteiger partial charge >= 0.3 is 5.97 Å². The smallest absolute Gasteiger partial charge is 0.335 e. The Morgan fingerprint density at radius 2 is 1.81 bits per heavy atom. The zero-order chi connectivity index (χ0) is 19.7. The van der Waals surface area contributed by atoms with E-state index in [4.69, 9.17) is 5.11 Å². The fourth-order valence-corrected chi connectivity index (χ4v) is 4.50. The number of hydrogen-bond donors (Lipinski definition) is 2. The zero-order valence-electron chi connectivity index (χ0n) is 13.5. The largest absolute Gasteiger partial charge is 0.506 e. The van der Waals surface area contributed by atoms with Crippen LogP contribution in [0, 0.1) is 0 Å². The molecule has 6 nitrogen and oxygen atoms in total. The molecule has 1 heterocycles. The third kappa shape index (κ3) is 4.26. The number of phenolic OH excluding ortho intramolecular Hbond substituents is 1. The van der Waals surface area contributed by atoms with Gasteiger partial charge in [0.2, 0.25) is 0 Å². The van der Waals surface area contributed by atoms with E-state index in [2.05, 4.69) is 31.9 Å². The average molecular weight is 513 g/mol. The highest BCUT2D eigenvalue weighted by molar-refractivity contribution is 9.11. The van der Waals surface area contributed by atoms with Crippen molar-refractivity contribution in [2.45, 2.75) is 6.54 Å². The highest BCUT2D eigenvalue weighted by Gasteiger charge is 2.35. The van der Waals surface area contributed by atoms with Gasteiger partial charge in [0, 0.05) is 0 Å². The van der Waals surface area contributed by atoms with Crippen molar-refractivity contribution in [3.8, 4) is 5.75 Å². The highest BCUT2D eigenvalue weighted by Crippen LogP contribution is 2.37. The highest BCUT2D eigenvalue weighted by atomic mass is 79.9. The molecular weight excluding hydrogens is 502 g/mol. The van der Waals surface area contributed by atoms with Gasteiger partial charge in [-0.1, -0.05) is 12.1 Å². The monoisotopic (exact) mass is 511 g/mol. The van der Waals surface area contributed by atoms with Crippen molar-refractivity contribution in [1.82, 2.24) is 4.90 Å². The molecule has 0 radical (unpaired) electrons. The van der Waals surface area contributed by atoms with Crippen LogP contribution in [0.4, 0.5) is 4.79 Å². The molecule has 1 saturated heterocycles. The first kappa shape index (κ1) is 19.7. The summed E-state index contributed by atoms with van der Waals surface area (Å²) in [4.78, 5) is 37.2. The maximum atomic E-state index is 12.6. The van der Waals surface area contributed by atoms with E-state index in [1.807, 2.05) is 0 Å². The number of imide groups is 1. The van der Waals surface area contributed by atoms with Gasteiger partial charge in [-0.3, -0.25) is 14.5 Å². The number of hydrogen-bond acceptors (Lipinski definition) is 5. The van der Waals surface area contributed by atoms with E-state index in [1.165, 1.54) is 12.1 Å². The molecule has 0 bridgehead atoms. The molecule has 0 spiro atoms. The van der Waals surface area contributed by atoms with Crippen LogP contribution in [0.2, 0.25) is 0 Å². The van der Waals surface area contributed by atoms with Crippen LogP contribution in [0.1, 0.15) is 21.5 Å². The molecule has 2 aromatic carbocycles. The number of carbonyl (C=O) groups excluding carboxylic acids is 2. The molecule has 2 amide bonds. The van der Waals surface area contributed by atoms with Crippen molar-refractivity contribution < 1.29 is 24.6 Å². The number of amides is 2. The molecule has 1 aliphatic heterocycles. The number of aromatic carboxylic acids is 1. The van der Waals surface area contributed by atoms with E-state index >= 15 is 0 Å². The van der Waals surface area contributed by atoms with Crippen molar-refractivity contribution in [1.29, 1.82) is 0 Å². The SMILES string of the molecule is O=C(O)c1cccc(CN2C(=O)S/C(=C/c3cc(Br)c(O)c(Br)c3)C2=O)c1. The molecule has 0 aliphatic carbocycles. The summed E-state index contributed by atoms with van der Waals surface area (Å²) in [5, 5.41) is 18.4. The van der Waals surface area contributed by atoms with Gasteiger partial charge in [0.1, 0.15) is 5.75 Å². The Balaban J connectivity index is 1.85. The van der Waals surface area contributed by atoms with Gasteiger partial charge in [0.25, 0.3) is 11.1 Å². The number of aromatic hydroxyl groups is 1. The maximum Gasteiger partial charge on any atom is 0.335 e. The third-order valence-corrected chi connectivity index (χ3v) is 5.84. The first-order chi connectivity index (χ1) is 12.8. The summed E-state index contributed by atoms with van der Waals surface area (Å²) in [6.45, 7) is -0.00784. The second-order valence-corrected chi connectivity index (χ2v) is 8.31. The van der Waals surface area contributed by atoms with E-state index < -0.39 is 17.1 Å². The van der Waals surface area contributed by atoms with Crippen LogP contribution in [0.15, 0.2) is 50.2 Å². The number of carboxylic acids is 1. The number of benzene rings is 2. The van der Waals surface area contributed by atoms with E-state index in [-0.39, 0.29) is 22.8 Å². The zero-order valence-corrected chi connectivity index (χ0v) is 17.5. The quantitative estimate of drug-likeness (QED) is 0.568. The van der Waals surface area contributed by atoms with Gasteiger partial charge in [-0.25, -0.2) is 4.79 Å². The number of carboxylic acid groups (broad SMARTS) is 1. The Hall–Kier alpha value is -2.10. The summed E-state index contributed by atoms with van der Waals surface area (Å²) in [7, 11) is 0. The predicted octanol–water partition coefficient (Wildman–Crippen LogP) is 4.85. The maximum absolute atomic E-state index is 12.6. The number of nitrogens with zero attached hydrogens (tertiary/aromatic N) is 1. The van der Waals surface area contributed by atoms with Crippen molar-refractivity contribution >= 4 is 66.8 Å². The van der Waals surface area contributed by atoms with Crippen LogP contribution >= 0.6 is 43.6 Å². The van der Waals surface area contributed by atoms with Crippen molar-refractivity contribution in [2.24, 2.45) is 0 Å². The standard InChI is InChI=1S/C18H11Br2NO5S/c19-12-5-10(6-13(20)15(12)22)7-14-16(23)21(18(26)27-14)8-9-2-1-3-11(4-9)17(24)25/h1-7,22H,8H2,(H,24,25)/b14-7+. The summed E-state index contributed by atoms with van der Waals surface area (Å²) in [5.41, 5.74) is 1.27. The van der Waals surface area contributed by atoms with Crippen molar-refractivity contribution in [2.75, 3.05) is 0 Å². The molecule has 0 saturated carbocycles. The first-order valence-corrected chi connectivity index (χ1v) is 9.92. The Morgan fingerprint density at radius 1 is 1.15 bits per heavy atom. The van der Waals surface area contributed by atoms with E-state index in [9.17, 15) is 19.5 Å². The van der Waals surface area contributed by atoms with Crippen LogP contribution in [-0.2, 0) is 11.3 Å². The molecule has 2 N–H and O–H groups in total. The minimum Gasteiger partial charge on any atom is -0.506 e. The van der Waals surface area contributed by atoms with Crippen molar-refractivity contribution in [3.05, 3.63) is 66.9 Å². The summed E-state index contributed by atoms with van der Waals surface area (Å²) < 4.78 is 0.903. The fraction of sp³-hybridized carbons (Fsp3) is 0.0556. The molecule has 1 aliphatic rings. The Morgan fingerprint density at radius 3 is 2.44 bits per heavy atom. The normalized spacial score (nSPS) is 15.6. The second kappa shape index (κ2) is 7.87. The number of halogens is 2. The van der Waals surface area contributed by atoms with Crippen molar-refractivity contribution in [3.63, 3.8) is 0 Å². The van der Waals surface area contributed by atoms with Crippen LogP contribution in [0.25, 0.3) is 6.08 Å². The molecular formula is C18H11Br2NO5S. The van der Waals surface area contributed by atoms with Crippen LogP contribution in [0.5, 0.6) is 5.75 Å². The van der Waals surface area contributed by atoms with Gasteiger partial charge in [0.05, 0.1) is 26.0 Å². The summed E-state index contributed by atoms with van der Waals surface area (Å²) in [6.07, 6.45) is 1.56. The second-order valence-electron chi connectivity index (χ2n) is 5.61. The molecule has 0 atom stereocenters. The van der Waals surface area contributed by atoms with Gasteiger partial charge in [-0.05, 0) is 85.1 Å². The molecule has 0 aromatic heterocycles. The number of phenols is 1. The van der Waals surface area contributed by atoms with Gasteiger partial charge in [-0.15, -0.1) is 0 Å². The Kier molecular flexibility index (Phi) is 5.73. The van der Waals surface area contributed by atoms with Gasteiger partial charge in [0.15, 0.2) is 0 Å². The number of thioether (sulfide) groups is 1. The van der Waals surface area contributed by atoms with E-state index in [0.717, 1.165) is 16.7 Å². The lowest BCUT2D eigenvalue weighted by Gasteiger charge is -2.12. The molecule has 27 heavy (non-hydrogen) atoms.